The molecule has 0 bridgehead atoms. The van der Waals surface area contributed by atoms with Gasteiger partial charge in [0.2, 0.25) is 5.91 Å². The summed E-state index contributed by atoms with van der Waals surface area (Å²) in [6, 6.07) is 9.48. The summed E-state index contributed by atoms with van der Waals surface area (Å²) >= 11 is 0. The van der Waals surface area contributed by atoms with Crippen LogP contribution in [0.25, 0.3) is 0 Å². The lowest BCUT2D eigenvalue weighted by Gasteiger charge is -2.06. The summed E-state index contributed by atoms with van der Waals surface area (Å²) in [4.78, 5) is 10.8. The van der Waals surface area contributed by atoms with Crippen molar-refractivity contribution in [2.45, 2.75) is 13.5 Å². The topological polar surface area (TPSA) is 54.3 Å². The molecule has 0 saturated carbocycles. The quantitative estimate of drug-likeness (QED) is 0.849. The van der Waals surface area contributed by atoms with Crippen molar-refractivity contribution >= 4 is 17.3 Å². The molecule has 0 saturated heterocycles. The van der Waals surface area contributed by atoms with Crippen molar-refractivity contribution in [1.29, 1.82) is 0 Å². The number of nitrogens with one attached hydrogen (secondary N) is 2. The van der Waals surface area contributed by atoms with Gasteiger partial charge in [-0.3, -0.25) is 4.79 Å². The molecule has 1 heterocycles. The average molecular weight is 230 g/mol. The van der Waals surface area contributed by atoms with E-state index in [-0.39, 0.29) is 5.91 Å². The molecule has 1 amide bonds. The van der Waals surface area contributed by atoms with Crippen LogP contribution in [0.15, 0.2) is 47.3 Å². The lowest BCUT2D eigenvalue weighted by atomic mass is 10.2. The van der Waals surface area contributed by atoms with Crippen LogP contribution in [-0.4, -0.2) is 5.91 Å². The first kappa shape index (κ1) is 11.3. The molecule has 0 spiro atoms. The van der Waals surface area contributed by atoms with Crippen molar-refractivity contribution in [3.05, 3.63) is 48.4 Å². The maximum atomic E-state index is 10.8. The van der Waals surface area contributed by atoms with E-state index >= 15 is 0 Å². The minimum atomic E-state index is -0.0656. The molecule has 0 aliphatic heterocycles. The highest BCUT2D eigenvalue weighted by Crippen LogP contribution is 2.14. The zero-order chi connectivity index (χ0) is 12.1. The summed E-state index contributed by atoms with van der Waals surface area (Å²) in [5.41, 5.74) is 2.89. The van der Waals surface area contributed by atoms with E-state index in [0.717, 1.165) is 23.5 Å². The van der Waals surface area contributed by atoms with Crippen molar-refractivity contribution in [2.24, 2.45) is 0 Å². The number of carbonyl (C=O) groups excluding carboxylic acids is 1. The number of rotatable bonds is 4. The maximum absolute atomic E-state index is 10.8. The molecular formula is C13H14N2O2. The van der Waals surface area contributed by atoms with Crippen LogP contribution in [0.3, 0.4) is 0 Å². The molecule has 2 N–H and O–H groups in total. The molecular weight excluding hydrogens is 216 g/mol. The van der Waals surface area contributed by atoms with Crippen LogP contribution < -0.4 is 10.6 Å². The van der Waals surface area contributed by atoms with Gasteiger partial charge < -0.3 is 15.1 Å². The van der Waals surface area contributed by atoms with Crippen molar-refractivity contribution in [3.63, 3.8) is 0 Å². The van der Waals surface area contributed by atoms with Gasteiger partial charge in [-0.2, -0.15) is 0 Å². The Kier molecular flexibility index (Phi) is 3.45. The average Bonchev–Trinajstić information content (AvgIpc) is 2.80. The van der Waals surface area contributed by atoms with Gasteiger partial charge in [0.1, 0.15) is 0 Å². The van der Waals surface area contributed by atoms with Crippen molar-refractivity contribution in [2.75, 3.05) is 10.6 Å². The van der Waals surface area contributed by atoms with Gasteiger partial charge in [-0.15, -0.1) is 0 Å². The first-order valence-electron chi connectivity index (χ1n) is 5.36. The molecule has 1 aromatic carbocycles. The summed E-state index contributed by atoms with van der Waals surface area (Å²) in [6.45, 7) is 2.21. The molecule has 88 valence electrons. The minimum absolute atomic E-state index is 0.0656. The van der Waals surface area contributed by atoms with Crippen LogP contribution in [0, 0.1) is 0 Å². The Hall–Kier alpha value is -2.23. The fourth-order valence-electron chi connectivity index (χ4n) is 1.47. The Labute approximate surface area is 99.6 Å². The standard InChI is InChI=1S/C13H14N2O2/c1-10(16)15-13-4-2-12(3-5-13)14-8-11-6-7-17-9-11/h2-7,9,14H,8H2,1H3,(H,15,16). The molecule has 1 aromatic heterocycles. The van der Waals surface area contributed by atoms with Crippen LogP contribution in [-0.2, 0) is 11.3 Å². The number of hydrogen-bond donors (Lipinski definition) is 2. The molecule has 0 aliphatic carbocycles. The summed E-state index contributed by atoms with van der Waals surface area (Å²) in [6.07, 6.45) is 3.36. The Morgan fingerprint density at radius 3 is 2.47 bits per heavy atom. The highest BCUT2D eigenvalue weighted by Gasteiger charge is 1.97. The minimum Gasteiger partial charge on any atom is -0.472 e. The first-order chi connectivity index (χ1) is 8.24. The van der Waals surface area contributed by atoms with Crippen LogP contribution in [0.2, 0.25) is 0 Å². The van der Waals surface area contributed by atoms with Gasteiger partial charge in [0.25, 0.3) is 0 Å². The van der Waals surface area contributed by atoms with Crippen molar-refractivity contribution in [3.8, 4) is 0 Å². The second-order valence-electron chi connectivity index (χ2n) is 3.74. The lowest BCUT2D eigenvalue weighted by molar-refractivity contribution is -0.114. The van der Waals surface area contributed by atoms with Crippen LogP contribution in [0.5, 0.6) is 0 Å². The van der Waals surface area contributed by atoms with Gasteiger partial charge in [0.05, 0.1) is 12.5 Å². The fraction of sp³-hybridized carbons (Fsp3) is 0.154. The number of carbonyl (C=O) groups is 1. The summed E-state index contributed by atoms with van der Waals surface area (Å²) in [5.74, 6) is -0.0656. The fourth-order valence-corrected chi connectivity index (χ4v) is 1.47. The van der Waals surface area contributed by atoms with E-state index in [2.05, 4.69) is 10.6 Å². The van der Waals surface area contributed by atoms with E-state index in [4.69, 9.17) is 4.42 Å². The second kappa shape index (κ2) is 5.21. The Morgan fingerprint density at radius 1 is 1.18 bits per heavy atom. The van der Waals surface area contributed by atoms with Gasteiger partial charge in [0, 0.05) is 30.4 Å². The third-order valence-electron chi connectivity index (χ3n) is 2.28. The van der Waals surface area contributed by atoms with E-state index < -0.39 is 0 Å². The number of hydrogen-bond acceptors (Lipinski definition) is 3. The predicted octanol–water partition coefficient (Wildman–Crippen LogP) is 2.85. The van der Waals surface area contributed by atoms with Gasteiger partial charge in [-0.05, 0) is 30.3 Å². The zero-order valence-electron chi connectivity index (χ0n) is 9.57. The van der Waals surface area contributed by atoms with E-state index in [1.807, 2.05) is 30.3 Å². The summed E-state index contributed by atoms with van der Waals surface area (Å²) in [5, 5.41) is 5.97. The molecule has 4 heteroatoms. The smallest absolute Gasteiger partial charge is 0.221 e. The molecule has 2 rings (SSSR count). The molecule has 0 fully saturated rings. The molecule has 4 nitrogen and oxygen atoms in total. The third kappa shape index (κ3) is 3.38. The molecule has 0 aliphatic rings. The van der Waals surface area contributed by atoms with Gasteiger partial charge >= 0.3 is 0 Å². The number of amides is 1. The normalized spacial score (nSPS) is 9.94. The molecule has 2 aromatic rings. The molecule has 17 heavy (non-hydrogen) atoms. The molecule has 0 radical (unpaired) electrons. The van der Waals surface area contributed by atoms with Crippen LogP contribution >= 0.6 is 0 Å². The van der Waals surface area contributed by atoms with Gasteiger partial charge in [-0.1, -0.05) is 0 Å². The van der Waals surface area contributed by atoms with Gasteiger partial charge in [0.15, 0.2) is 0 Å². The van der Waals surface area contributed by atoms with E-state index in [0.29, 0.717) is 0 Å². The summed E-state index contributed by atoms with van der Waals surface area (Å²) < 4.78 is 4.98. The Bertz CT molecular complexity index is 475. The Balaban J connectivity index is 1.91. The van der Waals surface area contributed by atoms with E-state index in [9.17, 15) is 4.79 Å². The maximum Gasteiger partial charge on any atom is 0.221 e. The monoisotopic (exact) mass is 230 g/mol. The highest BCUT2D eigenvalue weighted by atomic mass is 16.3. The third-order valence-corrected chi connectivity index (χ3v) is 2.28. The first-order valence-corrected chi connectivity index (χ1v) is 5.36. The van der Waals surface area contributed by atoms with Crippen LogP contribution in [0.4, 0.5) is 11.4 Å². The molecule has 0 atom stereocenters. The Morgan fingerprint density at radius 2 is 1.88 bits per heavy atom. The zero-order valence-corrected chi connectivity index (χ0v) is 9.57. The van der Waals surface area contributed by atoms with Crippen LogP contribution in [0.1, 0.15) is 12.5 Å². The van der Waals surface area contributed by atoms with Crippen molar-refractivity contribution in [1.82, 2.24) is 0 Å². The summed E-state index contributed by atoms with van der Waals surface area (Å²) in [7, 11) is 0. The van der Waals surface area contributed by atoms with E-state index in [1.165, 1.54) is 6.92 Å². The number of anilines is 2. The highest BCUT2D eigenvalue weighted by molar-refractivity contribution is 5.88. The van der Waals surface area contributed by atoms with E-state index in [1.54, 1.807) is 12.5 Å². The van der Waals surface area contributed by atoms with Crippen molar-refractivity contribution < 1.29 is 9.21 Å². The number of benzene rings is 1. The SMILES string of the molecule is CC(=O)Nc1ccc(NCc2ccoc2)cc1. The second-order valence-corrected chi connectivity index (χ2v) is 3.74. The predicted molar refractivity (Wildman–Crippen MR) is 66.8 cm³/mol. The molecule has 0 unspecified atom stereocenters. The van der Waals surface area contributed by atoms with Gasteiger partial charge in [-0.25, -0.2) is 0 Å². The lowest BCUT2D eigenvalue weighted by Crippen LogP contribution is -2.05. The number of furan rings is 1. The largest absolute Gasteiger partial charge is 0.472 e.